The van der Waals surface area contributed by atoms with Crippen LogP contribution < -0.4 is 10.6 Å². The van der Waals surface area contributed by atoms with Gasteiger partial charge in [-0.15, -0.1) is 0 Å². The first kappa shape index (κ1) is 15.3. The summed E-state index contributed by atoms with van der Waals surface area (Å²) in [5.74, 6) is 0.349. The number of benzene rings is 1. The predicted molar refractivity (Wildman–Crippen MR) is 84.1 cm³/mol. The average Bonchev–Trinajstić information content (AvgIpc) is 2.50. The first-order valence-corrected chi connectivity index (χ1v) is 7.12. The van der Waals surface area contributed by atoms with Crippen molar-refractivity contribution in [3.05, 3.63) is 46.9 Å². The van der Waals surface area contributed by atoms with Crippen LogP contribution in [0.5, 0.6) is 0 Å². The maximum atomic E-state index is 11.7. The van der Waals surface area contributed by atoms with Crippen LogP contribution in [0.4, 0.5) is 11.5 Å². The van der Waals surface area contributed by atoms with Crippen molar-refractivity contribution >= 4 is 29.0 Å². The van der Waals surface area contributed by atoms with Crippen LogP contribution >= 0.6 is 11.6 Å². The highest BCUT2D eigenvalue weighted by Crippen LogP contribution is 2.25. The molecular weight excluding hydrogens is 288 g/mol. The Bertz CT molecular complexity index is 628. The fourth-order valence-electron chi connectivity index (χ4n) is 1.72. The highest BCUT2D eigenvalue weighted by molar-refractivity contribution is 6.31. The van der Waals surface area contributed by atoms with Crippen molar-refractivity contribution in [1.29, 1.82) is 0 Å². The van der Waals surface area contributed by atoms with E-state index < -0.39 is 0 Å². The number of anilines is 2. The molecule has 2 rings (SSSR count). The third-order valence-corrected chi connectivity index (χ3v) is 3.36. The minimum atomic E-state index is -0.213. The van der Waals surface area contributed by atoms with Crippen molar-refractivity contribution in [1.82, 2.24) is 15.3 Å². The summed E-state index contributed by atoms with van der Waals surface area (Å²) in [4.78, 5) is 20.0. The fourth-order valence-corrected chi connectivity index (χ4v) is 1.89. The third kappa shape index (κ3) is 3.92. The second-order valence-corrected chi connectivity index (χ2v) is 4.99. The molecule has 5 nitrogen and oxygen atoms in total. The summed E-state index contributed by atoms with van der Waals surface area (Å²) in [6.07, 6.45) is 3.86. The molecule has 2 N–H and O–H groups in total. The summed E-state index contributed by atoms with van der Waals surface area (Å²) in [5, 5.41) is 6.57. The van der Waals surface area contributed by atoms with Crippen LogP contribution in [0.25, 0.3) is 0 Å². The van der Waals surface area contributed by atoms with Gasteiger partial charge in [-0.1, -0.05) is 24.6 Å². The molecule has 0 radical (unpaired) electrons. The van der Waals surface area contributed by atoms with E-state index in [2.05, 4.69) is 20.6 Å². The van der Waals surface area contributed by atoms with E-state index in [9.17, 15) is 4.79 Å². The Morgan fingerprint density at radius 2 is 2.10 bits per heavy atom. The molecule has 21 heavy (non-hydrogen) atoms. The molecule has 0 unspecified atom stereocenters. The molecule has 0 saturated carbocycles. The Kier molecular flexibility index (Phi) is 5.11. The zero-order valence-electron chi connectivity index (χ0n) is 12.0. The molecule has 0 aliphatic rings. The molecule has 0 aliphatic heterocycles. The van der Waals surface area contributed by atoms with Gasteiger partial charge in [0.2, 0.25) is 0 Å². The van der Waals surface area contributed by atoms with Crippen molar-refractivity contribution in [2.24, 2.45) is 0 Å². The lowest BCUT2D eigenvalue weighted by molar-refractivity contribution is 0.0948. The van der Waals surface area contributed by atoms with Gasteiger partial charge in [0.15, 0.2) is 0 Å². The normalized spacial score (nSPS) is 10.2. The first-order valence-electron chi connectivity index (χ1n) is 6.74. The number of carbonyl (C=O) groups is 1. The van der Waals surface area contributed by atoms with E-state index in [0.29, 0.717) is 23.1 Å². The van der Waals surface area contributed by atoms with E-state index in [1.54, 1.807) is 0 Å². The van der Waals surface area contributed by atoms with E-state index in [0.717, 1.165) is 17.7 Å². The fraction of sp³-hybridized carbons (Fsp3) is 0.267. The van der Waals surface area contributed by atoms with Gasteiger partial charge in [-0.3, -0.25) is 4.79 Å². The van der Waals surface area contributed by atoms with Crippen LogP contribution in [0.2, 0.25) is 5.02 Å². The number of amides is 1. The summed E-state index contributed by atoms with van der Waals surface area (Å²) in [6.45, 7) is 4.54. The van der Waals surface area contributed by atoms with Crippen LogP contribution in [0.3, 0.4) is 0 Å². The van der Waals surface area contributed by atoms with Crippen molar-refractivity contribution in [2.45, 2.75) is 20.3 Å². The van der Waals surface area contributed by atoms with Gasteiger partial charge in [0.25, 0.3) is 5.91 Å². The number of rotatable bonds is 5. The Morgan fingerprint density at radius 1 is 1.29 bits per heavy atom. The lowest BCUT2D eigenvalue weighted by atomic mass is 10.2. The second-order valence-electron chi connectivity index (χ2n) is 4.58. The van der Waals surface area contributed by atoms with Crippen molar-refractivity contribution in [3.63, 3.8) is 0 Å². The number of nitrogens with one attached hydrogen (secondary N) is 2. The van der Waals surface area contributed by atoms with Crippen molar-refractivity contribution < 1.29 is 4.79 Å². The summed E-state index contributed by atoms with van der Waals surface area (Å²) in [6, 6.07) is 5.59. The Labute approximate surface area is 128 Å². The molecule has 0 saturated heterocycles. The smallest absolute Gasteiger partial charge is 0.271 e. The lowest BCUT2D eigenvalue weighted by Crippen LogP contribution is -2.25. The first-order chi connectivity index (χ1) is 10.1. The Balaban J connectivity index is 2.09. The number of nitrogens with zero attached hydrogens (tertiary/aromatic N) is 2. The van der Waals surface area contributed by atoms with Gasteiger partial charge >= 0.3 is 0 Å². The van der Waals surface area contributed by atoms with E-state index in [4.69, 9.17) is 11.6 Å². The standard InChI is InChI=1S/C15H17ClN4O/c1-3-7-17-15(21)13-8-19-14(9-18-13)20-12-6-4-5-11(16)10(12)2/h4-6,8-9H,3,7H2,1-2H3,(H,17,21)(H,19,20). The van der Waals surface area contributed by atoms with Crippen LogP contribution in [0.15, 0.2) is 30.6 Å². The van der Waals surface area contributed by atoms with Gasteiger partial charge < -0.3 is 10.6 Å². The number of hydrogen-bond acceptors (Lipinski definition) is 4. The van der Waals surface area contributed by atoms with Gasteiger partial charge in [-0.25, -0.2) is 9.97 Å². The molecule has 2 aromatic rings. The molecule has 6 heteroatoms. The van der Waals surface area contributed by atoms with E-state index in [1.807, 2.05) is 32.0 Å². The highest BCUT2D eigenvalue weighted by atomic mass is 35.5. The maximum absolute atomic E-state index is 11.7. The summed E-state index contributed by atoms with van der Waals surface area (Å²) in [7, 11) is 0. The van der Waals surface area contributed by atoms with Crippen LogP contribution in [0.1, 0.15) is 29.4 Å². The zero-order valence-corrected chi connectivity index (χ0v) is 12.7. The molecule has 0 bridgehead atoms. The molecule has 1 heterocycles. The number of hydrogen-bond donors (Lipinski definition) is 2. The van der Waals surface area contributed by atoms with Crippen molar-refractivity contribution in [2.75, 3.05) is 11.9 Å². The number of carbonyl (C=O) groups excluding carboxylic acids is 1. The highest BCUT2D eigenvalue weighted by Gasteiger charge is 2.08. The number of aromatic nitrogens is 2. The molecular formula is C15H17ClN4O. The maximum Gasteiger partial charge on any atom is 0.271 e. The van der Waals surface area contributed by atoms with Crippen LogP contribution in [0, 0.1) is 6.92 Å². The number of halogens is 1. The molecule has 1 aromatic heterocycles. The van der Waals surface area contributed by atoms with Crippen molar-refractivity contribution in [3.8, 4) is 0 Å². The Morgan fingerprint density at radius 3 is 2.76 bits per heavy atom. The molecule has 1 aromatic carbocycles. The minimum absolute atomic E-state index is 0.213. The third-order valence-electron chi connectivity index (χ3n) is 2.95. The summed E-state index contributed by atoms with van der Waals surface area (Å²) >= 11 is 6.07. The molecule has 110 valence electrons. The van der Waals surface area contributed by atoms with E-state index in [1.165, 1.54) is 12.4 Å². The monoisotopic (exact) mass is 304 g/mol. The Hall–Kier alpha value is -2.14. The van der Waals surface area contributed by atoms with Gasteiger partial charge in [-0.2, -0.15) is 0 Å². The molecule has 0 fully saturated rings. The van der Waals surface area contributed by atoms with E-state index >= 15 is 0 Å². The quantitative estimate of drug-likeness (QED) is 0.889. The van der Waals surface area contributed by atoms with Crippen LogP contribution in [-0.4, -0.2) is 22.4 Å². The molecule has 0 atom stereocenters. The molecule has 0 spiro atoms. The van der Waals surface area contributed by atoms with Gasteiger partial charge in [0.1, 0.15) is 11.5 Å². The summed E-state index contributed by atoms with van der Waals surface area (Å²) < 4.78 is 0. The van der Waals surface area contributed by atoms with Gasteiger partial charge in [0.05, 0.1) is 12.4 Å². The molecule has 1 amide bonds. The molecule has 0 aliphatic carbocycles. The zero-order chi connectivity index (χ0) is 15.2. The van der Waals surface area contributed by atoms with Gasteiger partial charge in [0, 0.05) is 17.3 Å². The average molecular weight is 305 g/mol. The van der Waals surface area contributed by atoms with Gasteiger partial charge in [-0.05, 0) is 31.0 Å². The predicted octanol–water partition coefficient (Wildman–Crippen LogP) is 3.32. The van der Waals surface area contributed by atoms with Crippen LogP contribution in [-0.2, 0) is 0 Å². The minimum Gasteiger partial charge on any atom is -0.351 e. The lowest BCUT2D eigenvalue weighted by Gasteiger charge is -2.10. The van der Waals surface area contributed by atoms with E-state index in [-0.39, 0.29) is 5.91 Å². The largest absolute Gasteiger partial charge is 0.351 e. The summed E-state index contributed by atoms with van der Waals surface area (Å²) in [5.41, 5.74) is 2.10. The second kappa shape index (κ2) is 7.04. The topological polar surface area (TPSA) is 66.9 Å². The SMILES string of the molecule is CCCNC(=O)c1cnc(Nc2cccc(Cl)c2C)cn1.